The standard InChI is InChI=1S/C28H19BrN2O/c29-25-24(20-10-4-1-5-11-20)27(28(32)22-14-8-3-9-15-22)31(23-16-18-30-19-17-23)26(25)21-12-6-2-7-13-21/h1-19H. The molecule has 154 valence electrons. The van der Waals surface area contributed by atoms with Crippen LogP contribution in [0.15, 0.2) is 120 Å². The summed E-state index contributed by atoms with van der Waals surface area (Å²) in [6, 6.07) is 33.4. The Morgan fingerprint density at radius 1 is 0.688 bits per heavy atom. The summed E-state index contributed by atoms with van der Waals surface area (Å²) < 4.78 is 2.92. The third-order valence-corrected chi connectivity index (χ3v) is 6.17. The first-order valence-corrected chi connectivity index (χ1v) is 11.1. The van der Waals surface area contributed by atoms with E-state index in [1.54, 1.807) is 12.4 Å². The van der Waals surface area contributed by atoms with Crippen molar-refractivity contribution in [1.29, 1.82) is 0 Å². The van der Waals surface area contributed by atoms with Crippen LogP contribution in [0.2, 0.25) is 0 Å². The van der Waals surface area contributed by atoms with Gasteiger partial charge in [0.25, 0.3) is 0 Å². The predicted octanol–water partition coefficient (Wildman–Crippen LogP) is 7.20. The lowest BCUT2D eigenvalue weighted by Crippen LogP contribution is -2.11. The molecule has 0 aliphatic carbocycles. The molecule has 0 saturated heterocycles. The summed E-state index contributed by atoms with van der Waals surface area (Å²) in [5, 5.41) is 0. The van der Waals surface area contributed by atoms with Gasteiger partial charge in [-0.25, -0.2) is 0 Å². The SMILES string of the molecule is O=C(c1ccccc1)c1c(-c2ccccc2)c(Br)c(-c2ccccc2)n1-c1ccncc1. The highest BCUT2D eigenvalue weighted by atomic mass is 79.9. The smallest absolute Gasteiger partial charge is 0.210 e. The molecule has 4 heteroatoms. The molecule has 0 unspecified atom stereocenters. The molecule has 0 amide bonds. The number of nitrogens with zero attached hydrogens (tertiary/aromatic N) is 2. The fraction of sp³-hybridized carbons (Fsp3) is 0. The summed E-state index contributed by atoms with van der Waals surface area (Å²) in [4.78, 5) is 18.2. The number of rotatable bonds is 5. The van der Waals surface area contributed by atoms with Crippen molar-refractivity contribution in [3.8, 4) is 28.1 Å². The third-order valence-electron chi connectivity index (χ3n) is 5.39. The molecular formula is C28H19BrN2O. The number of carbonyl (C=O) groups is 1. The molecule has 0 bridgehead atoms. The molecule has 5 aromatic rings. The van der Waals surface area contributed by atoms with Gasteiger partial charge in [-0.3, -0.25) is 9.78 Å². The zero-order chi connectivity index (χ0) is 21.9. The molecule has 0 N–H and O–H groups in total. The van der Waals surface area contributed by atoms with E-state index in [2.05, 4.69) is 33.0 Å². The van der Waals surface area contributed by atoms with Crippen molar-refractivity contribution in [2.75, 3.05) is 0 Å². The molecule has 3 nitrogen and oxygen atoms in total. The first-order valence-electron chi connectivity index (χ1n) is 10.3. The molecular weight excluding hydrogens is 460 g/mol. The largest absolute Gasteiger partial charge is 0.304 e. The summed E-state index contributed by atoms with van der Waals surface area (Å²) in [6.07, 6.45) is 3.49. The Morgan fingerprint density at radius 3 is 1.81 bits per heavy atom. The maximum Gasteiger partial charge on any atom is 0.210 e. The number of pyridine rings is 1. The molecule has 3 aromatic carbocycles. The van der Waals surface area contributed by atoms with Crippen molar-refractivity contribution in [3.63, 3.8) is 0 Å². The van der Waals surface area contributed by atoms with Gasteiger partial charge in [-0.05, 0) is 39.2 Å². The second-order valence-corrected chi connectivity index (χ2v) is 8.15. The van der Waals surface area contributed by atoms with Gasteiger partial charge < -0.3 is 4.57 Å². The number of halogens is 1. The average molecular weight is 479 g/mol. The Kier molecular flexibility index (Phi) is 5.53. The highest BCUT2D eigenvalue weighted by Crippen LogP contribution is 2.44. The van der Waals surface area contributed by atoms with Gasteiger partial charge in [0.2, 0.25) is 5.78 Å². The fourth-order valence-electron chi connectivity index (χ4n) is 3.96. The van der Waals surface area contributed by atoms with E-state index in [9.17, 15) is 4.79 Å². The molecule has 2 heterocycles. The number of aromatic nitrogens is 2. The lowest BCUT2D eigenvalue weighted by atomic mass is 10.00. The van der Waals surface area contributed by atoms with Crippen molar-refractivity contribution < 1.29 is 4.79 Å². The van der Waals surface area contributed by atoms with E-state index in [1.165, 1.54) is 0 Å². The Labute approximate surface area is 195 Å². The minimum absolute atomic E-state index is 0.0378. The van der Waals surface area contributed by atoms with Crippen LogP contribution in [0.25, 0.3) is 28.1 Å². The molecule has 2 aromatic heterocycles. The maximum absolute atomic E-state index is 14.0. The molecule has 0 atom stereocenters. The monoisotopic (exact) mass is 478 g/mol. The molecule has 0 spiro atoms. The van der Waals surface area contributed by atoms with Crippen LogP contribution in [0.1, 0.15) is 16.1 Å². The fourth-order valence-corrected chi connectivity index (χ4v) is 4.78. The zero-order valence-electron chi connectivity index (χ0n) is 17.2. The van der Waals surface area contributed by atoms with Gasteiger partial charge in [-0.1, -0.05) is 91.0 Å². The van der Waals surface area contributed by atoms with Gasteiger partial charge >= 0.3 is 0 Å². The van der Waals surface area contributed by atoms with Gasteiger partial charge in [0.05, 0.1) is 10.2 Å². The maximum atomic E-state index is 14.0. The number of hydrogen-bond acceptors (Lipinski definition) is 2. The summed E-state index contributed by atoms with van der Waals surface area (Å²) in [6.45, 7) is 0. The summed E-state index contributed by atoms with van der Waals surface area (Å²) in [5.74, 6) is -0.0378. The van der Waals surface area contributed by atoms with E-state index in [1.807, 2.05) is 95.6 Å². The molecule has 0 saturated carbocycles. The highest BCUT2D eigenvalue weighted by Gasteiger charge is 2.29. The summed E-state index contributed by atoms with van der Waals surface area (Å²) in [5.41, 5.74) is 5.92. The Bertz CT molecular complexity index is 1360. The van der Waals surface area contributed by atoms with E-state index in [0.29, 0.717) is 11.3 Å². The second-order valence-electron chi connectivity index (χ2n) is 7.35. The minimum atomic E-state index is -0.0378. The van der Waals surface area contributed by atoms with Crippen LogP contribution < -0.4 is 0 Å². The number of hydrogen-bond donors (Lipinski definition) is 0. The lowest BCUT2D eigenvalue weighted by molar-refractivity contribution is 0.103. The number of carbonyl (C=O) groups excluding carboxylic acids is 1. The van der Waals surface area contributed by atoms with Gasteiger partial charge in [0, 0.05) is 29.2 Å². The summed E-state index contributed by atoms with van der Waals surface area (Å²) >= 11 is 3.88. The highest BCUT2D eigenvalue weighted by molar-refractivity contribution is 9.10. The molecule has 0 aliphatic rings. The number of benzene rings is 3. The molecule has 0 fully saturated rings. The normalized spacial score (nSPS) is 10.8. The van der Waals surface area contributed by atoms with Crippen LogP contribution in [0.4, 0.5) is 0 Å². The summed E-state index contributed by atoms with van der Waals surface area (Å²) in [7, 11) is 0. The second kappa shape index (κ2) is 8.77. The first-order chi connectivity index (χ1) is 15.8. The van der Waals surface area contributed by atoms with Crippen molar-refractivity contribution >= 4 is 21.7 Å². The van der Waals surface area contributed by atoms with Crippen LogP contribution in [0.5, 0.6) is 0 Å². The van der Waals surface area contributed by atoms with Crippen LogP contribution in [-0.4, -0.2) is 15.3 Å². The molecule has 0 aliphatic heterocycles. The van der Waals surface area contributed by atoms with Gasteiger partial charge in [0.15, 0.2) is 0 Å². The average Bonchev–Trinajstić information content (AvgIpc) is 3.18. The van der Waals surface area contributed by atoms with Crippen molar-refractivity contribution in [2.24, 2.45) is 0 Å². The van der Waals surface area contributed by atoms with Crippen molar-refractivity contribution in [3.05, 3.63) is 131 Å². The Hall–Kier alpha value is -3.76. The zero-order valence-corrected chi connectivity index (χ0v) is 18.7. The minimum Gasteiger partial charge on any atom is -0.304 e. The van der Waals surface area contributed by atoms with Crippen molar-refractivity contribution in [2.45, 2.75) is 0 Å². The molecule has 5 rings (SSSR count). The van der Waals surface area contributed by atoms with Crippen LogP contribution in [0, 0.1) is 0 Å². The first kappa shape index (κ1) is 20.2. The predicted molar refractivity (Wildman–Crippen MR) is 132 cm³/mol. The molecule has 32 heavy (non-hydrogen) atoms. The van der Waals surface area contributed by atoms with E-state index < -0.39 is 0 Å². The third kappa shape index (κ3) is 3.59. The lowest BCUT2D eigenvalue weighted by Gasteiger charge is -2.14. The van der Waals surface area contributed by atoms with Crippen LogP contribution >= 0.6 is 15.9 Å². The van der Waals surface area contributed by atoms with E-state index in [-0.39, 0.29) is 5.78 Å². The Morgan fingerprint density at radius 2 is 1.22 bits per heavy atom. The Balaban J connectivity index is 1.91. The van der Waals surface area contributed by atoms with E-state index in [0.717, 1.165) is 32.5 Å². The topological polar surface area (TPSA) is 34.9 Å². The molecule has 0 radical (unpaired) electrons. The van der Waals surface area contributed by atoms with Gasteiger partial charge in [0.1, 0.15) is 5.69 Å². The van der Waals surface area contributed by atoms with E-state index in [4.69, 9.17) is 0 Å². The van der Waals surface area contributed by atoms with Crippen molar-refractivity contribution in [1.82, 2.24) is 9.55 Å². The quantitative estimate of drug-likeness (QED) is 0.250. The van der Waals surface area contributed by atoms with Crippen LogP contribution in [-0.2, 0) is 0 Å². The van der Waals surface area contributed by atoms with E-state index >= 15 is 0 Å². The van der Waals surface area contributed by atoms with Gasteiger partial charge in [-0.2, -0.15) is 0 Å². The van der Waals surface area contributed by atoms with Crippen LogP contribution in [0.3, 0.4) is 0 Å². The van der Waals surface area contributed by atoms with Gasteiger partial charge in [-0.15, -0.1) is 0 Å². The number of ketones is 1.